The first-order chi connectivity index (χ1) is 7.86. The van der Waals surface area contributed by atoms with Crippen LogP contribution in [0.25, 0.3) is 0 Å². The molecule has 0 aliphatic rings. The Hall–Kier alpha value is -1.85. The molecule has 6 heteroatoms. The largest absolute Gasteiger partial charge is 0.481 e. The summed E-state index contributed by atoms with van der Waals surface area (Å²) in [4.78, 5) is 22.4. The van der Waals surface area contributed by atoms with Gasteiger partial charge in [-0.15, -0.1) is 5.10 Å². The lowest BCUT2D eigenvalue weighted by Gasteiger charge is -2.18. The number of rotatable bonds is 5. The van der Waals surface area contributed by atoms with E-state index in [1.165, 1.54) is 23.9 Å². The number of aryl methyl sites for hydroxylation is 1. The van der Waals surface area contributed by atoms with Gasteiger partial charge in [-0.05, 0) is 20.3 Å². The predicted molar refractivity (Wildman–Crippen MR) is 61.1 cm³/mol. The zero-order valence-corrected chi connectivity index (χ0v) is 10.1. The lowest BCUT2D eigenvalue weighted by molar-refractivity contribution is -0.147. The van der Waals surface area contributed by atoms with Crippen molar-refractivity contribution in [3.05, 3.63) is 22.5 Å². The third kappa shape index (κ3) is 3.30. The maximum Gasteiger partial charge on any atom is 0.309 e. The van der Waals surface area contributed by atoms with E-state index in [4.69, 9.17) is 9.84 Å². The highest BCUT2D eigenvalue weighted by atomic mass is 16.5. The first-order valence-corrected chi connectivity index (χ1v) is 5.22. The maximum atomic E-state index is 11.5. The first-order valence-electron chi connectivity index (χ1n) is 5.22. The summed E-state index contributed by atoms with van der Waals surface area (Å²) in [5, 5.41) is 12.9. The quantitative estimate of drug-likeness (QED) is 0.821. The highest BCUT2D eigenvalue weighted by molar-refractivity contribution is 5.73. The van der Waals surface area contributed by atoms with Crippen LogP contribution in [0, 0.1) is 5.41 Å². The van der Waals surface area contributed by atoms with Crippen molar-refractivity contribution in [2.75, 3.05) is 7.11 Å². The predicted octanol–water partition coefficient (Wildman–Crippen LogP) is 0.753. The van der Waals surface area contributed by atoms with Gasteiger partial charge in [0, 0.05) is 18.7 Å². The molecule has 0 saturated heterocycles. The number of carbonyl (C=O) groups is 1. The van der Waals surface area contributed by atoms with Gasteiger partial charge in [0.25, 0.3) is 5.56 Å². The Kier molecular flexibility index (Phi) is 3.88. The van der Waals surface area contributed by atoms with E-state index in [1.807, 2.05) is 0 Å². The second-order valence-corrected chi connectivity index (χ2v) is 4.38. The molecule has 17 heavy (non-hydrogen) atoms. The Morgan fingerprint density at radius 3 is 2.71 bits per heavy atom. The average Bonchev–Trinajstić information content (AvgIpc) is 2.28. The van der Waals surface area contributed by atoms with E-state index in [-0.39, 0.29) is 12.1 Å². The highest BCUT2D eigenvalue weighted by Gasteiger charge is 2.26. The molecule has 94 valence electrons. The minimum Gasteiger partial charge on any atom is -0.481 e. The van der Waals surface area contributed by atoms with Crippen LogP contribution in [0.3, 0.4) is 0 Å². The number of aromatic nitrogens is 2. The van der Waals surface area contributed by atoms with Crippen molar-refractivity contribution in [3.63, 3.8) is 0 Å². The van der Waals surface area contributed by atoms with Gasteiger partial charge in [0.1, 0.15) is 0 Å². The van der Waals surface area contributed by atoms with E-state index in [9.17, 15) is 9.59 Å². The third-order valence-electron chi connectivity index (χ3n) is 2.58. The lowest BCUT2D eigenvalue weighted by Crippen LogP contribution is -2.29. The van der Waals surface area contributed by atoms with E-state index in [1.54, 1.807) is 13.8 Å². The molecule has 0 spiro atoms. The number of carboxylic acid groups (broad SMARTS) is 1. The summed E-state index contributed by atoms with van der Waals surface area (Å²) in [6.07, 6.45) is 0.322. The smallest absolute Gasteiger partial charge is 0.309 e. The second-order valence-electron chi connectivity index (χ2n) is 4.38. The van der Waals surface area contributed by atoms with Gasteiger partial charge in [0.2, 0.25) is 5.88 Å². The van der Waals surface area contributed by atoms with Crippen LogP contribution < -0.4 is 10.3 Å². The summed E-state index contributed by atoms with van der Waals surface area (Å²) in [5.41, 5.74) is -1.16. The van der Waals surface area contributed by atoms with E-state index >= 15 is 0 Å². The third-order valence-corrected chi connectivity index (χ3v) is 2.58. The summed E-state index contributed by atoms with van der Waals surface area (Å²) in [7, 11) is 1.46. The number of carboxylic acids is 1. The molecule has 0 aromatic carbocycles. The van der Waals surface area contributed by atoms with Gasteiger partial charge in [-0.2, -0.15) is 0 Å². The number of hydrogen-bond acceptors (Lipinski definition) is 4. The van der Waals surface area contributed by atoms with Crippen molar-refractivity contribution in [2.24, 2.45) is 5.41 Å². The minimum absolute atomic E-state index is 0.245. The number of hydrogen-bond donors (Lipinski definition) is 1. The Morgan fingerprint density at radius 2 is 2.18 bits per heavy atom. The Balaban J connectivity index is 2.82. The molecule has 1 heterocycles. The van der Waals surface area contributed by atoms with Gasteiger partial charge in [-0.1, -0.05) is 0 Å². The minimum atomic E-state index is -0.895. The van der Waals surface area contributed by atoms with E-state index in [0.29, 0.717) is 12.3 Å². The number of aliphatic carboxylic acids is 1. The summed E-state index contributed by atoms with van der Waals surface area (Å²) in [6.45, 7) is 3.47. The van der Waals surface area contributed by atoms with Crippen LogP contribution in [0.15, 0.2) is 16.9 Å². The molecular weight excluding hydrogens is 224 g/mol. The molecule has 1 N–H and O–H groups in total. The SMILES string of the molecule is COc1ccc(=O)n(CCC(C)(C)C(=O)O)n1. The fraction of sp³-hybridized carbons (Fsp3) is 0.545. The van der Waals surface area contributed by atoms with Crippen LogP contribution >= 0.6 is 0 Å². The molecule has 0 amide bonds. The summed E-state index contributed by atoms with van der Waals surface area (Å²) >= 11 is 0. The van der Waals surface area contributed by atoms with Crippen molar-refractivity contribution in [1.29, 1.82) is 0 Å². The van der Waals surface area contributed by atoms with Crippen LogP contribution in [-0.2, 0) is 11.3 Å². The molecule has 0 bridgehead atoms. The van der Waals surface area contributed by atoms with Crippen LogP contribution in [-0.4, -0.2) is 28.0 Å². The molecule has 1 rings (SSSR count). The number of methoxy groups -OCH3 is 1. The van der Waals surface area contributed by atoms with Crippen LogP contribution in [0.4, 0.5) is 0 Å². The molecule has 0 unspecified atom stereocenters. The van der Waals surface area contributed by atoms with Gasteiger partial charge >= 0.3 is 5.97 Å². The Bertz CT molecular complexity index is 465. The van der Waals surface area contributed by atoms with Gasteiger partial charge in [0.15, 0.2) is 0 Å². The normalized spacial score (nSPS) is 11.2. The first kappa shape index (κ1) is 13.2. The van der Waals surface area contributed by atoms with Crippen molar-refractivity contribution in [1.82, 2.24) is 9.78 Å². The van der Waals surface area contributed by atoms with Crippen molar-refractivity contribution < 1.29 is 14.6 Å². The summed E-state index contributed by atoms with van der Waals surface area (Å²) in [5.74, 6) is -0.564. The second kappa shape index (κ2) is 4.99. The molecule has 0 atom stereocenters. The molecule has 0 fully saturated rings. The zero-order chi connectivity index (χ0) is 13.1. The maximum absolute atomic E-state index is 11.5. The summed E-state index contributed by atoms with van der Waals surface area (Å²) in [6, 6.07) is 2.82. The van der Waals surface area contributed by atoms with Crippen LogP contribution in [0.2, 0.25) is 0 Å². The van der Waals surface area contributed by atoms with Crippen LogP contribution in [0.1, 0.15) is 20.3 Å². The Labute approximate surface area is 98.8 Å². The number of nitrogens with zero attached hydrogens (tertiary/aromatic N) is 2. The van der Waals surface area contributed by atoms with Gasteiger partial charge in [-0.3, -0.25) is 9.59 Å². The summed E-state index contributed by atoms with van der Waals surface area (Å²) < 4.78 is 6.11. The van der Waals surface area contributed by atoms with Crippen molar-refractivity contribution in [2.45, 2.75) is 26.8 Å². The van der Waals surface area contributed by atoms with Crippen LogP contribution in [0.5, 0.6) is 5.88 Å². The molecule has 1 aromatic rings. The van der Waals surface area contributed by atoms with Gasteiger partial charge in [0.05, 0.1) is 12.5 Å². The molecular formula is C11H16N2O4. The fourth-order valence-corrected chi connectivity index (χ4v) is 1.19. The molecule has 0 saturated carbocycles. The average molecular weight is 240 g/mol. The van der Waals surface area contributed by atoms with Crippen molar-refractivity contribution >= 4 is 5.97 Å². The molecule has 0 aliphatic heterocycles. The molecule has 0 radical (unpaired) electrons. The van der Waals surface area contributed by atoms with E-state index in [2.05, 4.69) is 5.10 Å². The molecule has 1 aromatic heterocycles. The number of ether oxygens (including phenoxy) is 1. The lowest BCUT2D eigenvalue weighted by atomic mass is 9.90. The molecule has 0 aliphatic carbocycles. The topological polar surface area (TPSA) is 81.4 Å². The van der Waals surface area contributed by atoms with E-state index in [0.717, 1.165) is 0 Å². The van der Waals surface area contributed by atoms with Gasteiger partial charge < -0.3 is 9.84 Å². The zero-order valence-electron chi connectivity index (χ0n) is 10.1. The monoisotopic (exact) mass is 240 g/mol. The standard InChI is InChI=1S/C11H16N2O4/c1-11(2,10(15)16)6-7-13-9(14)5-4-8(12-13)17-3/h4-5H,6-7H2,1-3H3,(H,15,16). The van der Waals surface area contributed by atoms with Crippen molar-refractivity contribution in [3.8, 4) is 5.88 Å². The van der Waals surface area contributed by atoms with Gasteiger partial charge in [-0.25, -0.2) is 4.68 Å². The van der Waals surface area contributed by atoms with E-state index < -0.39 is 11.4 Å². The molecule has 6 nitrogen and oxygen atoms in total. The Morgan fingerprint density at radius 1 is 1.53 bits per heavy atom. The highest BCUT2D eigenvalue weighted by Crippen LogP contribution is 2.20. The fourth-order valence-electron chi connectivity index (χ4n) is 1.19.